The van der Waals surface area contributed by atoms with E-state index in [0.717, 1.165) is 22.5 Å². The van der Waals surface area contributed by atoms with Gasteiger partial charge in [0.1, 0.15) is 11.5 Å². The van der Waals surface area contributed by atoms with Crippen molar-refractivity contribution in [2.24, 2.45) is 15.7 Å². The monoisotopic (exact) mass is 287 g/mol. The summed E-state index contributed by atoms with van der Waals surface area (Å²) in [5.41, 5.74) is 9.28. The second-order valence-corrected chi connectivity index (χ2v) is 4.77. The number of nitrogens with one attached hydrogen (secondary N) is 2. The van der Waals surface area contributed by atoms with Crippen LogP contribution in [0.3, 0.4) is 0 Å². The molecule has 0 aliphatic carbocycles. The number of rotatable bonds is 3. The van der Waals surface area contributed by atoms with E-state index in [2.05, 4.69) is 20.6 Å². The molecule has 0 saturated heterocycles. The molecule has 2 heterocycles. The van der Waals surface area contributed by atoms with Gasteiger partial charge in [0.25, 0.3) is 0 Å². The molecule has 0 aromatic heterocycles. The normalized spacial score (nSPS) is 19.6. The number of nitrogens with zero attached hydrogens (tertiary/aromatic N) is 2. The molecule has 3 rings (SSSR count). The van der Waals surface area contributed by atoms with Gasteiger partial charge in [0.2, 0.25) is 0 Å². The summed E-state index contributed by atoms with van der Waals surface area (Å²) in [6.45, 7) is 1.98. The molecule has 0 bridgehead atoms. The lowest BCUT2D eigenvalue weighted by atomic mass is 10.0. The van der Waals surface area contributed by atoms with Crippen molar-refractivity contribution >= 4 is 18.0 Å². The second kappa shape index (κ2) is 5.01. The van der Waals surface area contributed by atoms with Gasteiger partial charge in [0.15, 0.2) is 12.1 Å². The Balaban J connectivity index is 2.20. The minimum atomic E-state index is -0.350. The SMILES string of the molecule is COc1cc(C)cc(OC)c1C1=C2NC=NC2N=C(N)N1. The highest BCUT2D eigenvalue weighted by Gasteiger charge is 2.29. The topological polar surface area (TPSA) is 93.3 Å². The molecule has 1 aromatic rings. The summed E-state index contributed by atoms with van der Waals surface area (Å²) in [6, 6.07) is 3.89. The fraction of sp³-hybridized carbons (Fsp3) is 0.286. The van der Waals surface area contributed by atoms with Crippen molar-refractivity contribution in [3.05, 3.63) is 29.0 Å². The minimum absolute atomic E-state index is 0.310. The molecule has 2 aliphatic heterocycles. The van der Waals surface area contributed by atoms with Crippen LogP contribution in [0, 0.1) is 6.92 Å². The maximum atomic E-state index is 5.85. The highest BCUT2D eigenvalue weighted by molar-refractivity contribution is 5.95. The van der Waals surface area contributed by atoms with Gasteiger partial charge in [-0.25, -0.2) is 9.98 Å². The number of benzene rings is 1. The van der Waals surface area contributed by atoms with Gasteiger partial charge in [0.05, 0.1) is 37.5 Å². The van der Waals surface area contributed by atoms with E-state index < -0.39 is 0 Å². The van der Waals surface area contributed by atoms with Crippen molar-refractivity contribution in [3.8, 4) is 11.5 Å². The van der Waals surface area contributed by atoms with Gasteiger partial charge in [-0.1, -0.05) is 0 Å². The summed E-state index contributed by atoms with van der Waals surface area (Å²) in [4.78, 5) is 8.46. The summed E-state index contributed by atoms with van der Waals surface area (Å²) in [5.74, 6) is 1.71. The molecule has 0 spiro atoms. The number of fused-ring (bicyclic) bond motifs is 1. The van der Waals surface area contributed by atoms with E-state index in [4.69, 9.17) is 15.2 Å². The van der Waals surface area contributed by atoms with Crippen molar-refractivity contribution in [2.75, 3.05) is 14.2 Å². The van der Waals surface area contributed by atoms with Crippen LogP contribution in [0.25, 0.3) is 5.70 Å². The zero-order chi connectivity index (χ0) is 15.0. The minimum Gasteiger partial charge on any atom is -0.496 e. The molecular weight excluding hydrogens is 270 g/mol. The maximum absolute atomic E-state index is 5.85. The van der Waals surface area contributed by atoms with Crippen LogP contribution in [0.5, 0.6) is 11.5 Å². The Bertz CT molecular complexity index is 653. The zero-order valence-electron chi connectivity index (χ0n) is 12.1. The van der Waals surface area contributed by atoms with Crippen LogP contribution in [0.15, 0.2) is 27.8 Å². The fourth-order valence-electron chi connectivity index (χ4n) is 2.47. The van der Waals surface area contributed by atoms with E-state index >= 15 is 0 Å². The van der Waals surface area contributed by atoms with Gasteiger partial charge in [-0.2, -0.15) is 0 Å². The third kappa shape index (κ3) is 2.16. The van der Waals surface area contributed by atoms with Gasteiger partial charge in [-0.05, 0) is 24.6 Å². The van der Waals surface area contributed by atoms with Crippen molar-refractivity contribution < 1.29 is 9.47 Å². The molecule has 0 radical (unpaired) electrons. The Morgan fingerprint density at radius 3 is 2.48 bits per heavy atom. The number of ether oxygens (including phenoxy) is 2. The average molecular weight is 287 g/mol. The van der Waals surface area contributed by atoms with Gasteiger partial charge in [0, 0.05) is 0 Å². The molecule has 1 aromatic carbocycles. The van der Waals surface area contributed by atoms with Gasteiger partial charge in [-0.15, -0.1) is 0 Å². The lowest BCUT2D eigenvalue weighted by Crippen LogP contribution is -2.38. The molecular formula is C14H17N5O2. The summed E-state index contributed by atoms with van der Waals surface area (Å²) >= 11 is 0. The van der Waals surface area contributed by atoms with Crippen LogP contribution in [0.4, 0.5) is 0 Å². The molecule has 7 heteroatoms. The van der Waals surface area contributed by atoms with Gasteiger partial charge >= 0.3 is 0 Å². The smallest absolute Gasteiger partial charge is 0.195 e. The second-order valence-electron chi connectivity index (χ2n) is 4.77. The zero-order valence-corrected chi connectivity index (χ0v) is 12.1. The summed E-state index contributed by atoms with van der Waals surface area (Å²) in [7, 11) is 3.25. The summed E-state index contributed by atoms with van der Waals surface area (Å²) in [5, 5.41) is 6.17. The van der Waals surface area contributed by atoms with Crippen molar-refractivity contribution in [1.82, 2.24) is 10.6 Å². The third-order valence-electron chi connectivity index (χ3n) is 3.38. The largest absolute Gasteiger partial charge is 0.496 e. The first-order chi connectivity index (χ1) is 10.1. The predicted octanol–water partition coefficient (Wildman–Crippen LogP) is 0.556. The van der Waals surface area contributed by atoms with E-state index in [1.807, 2.05) is 19.1 Å². The van der Waals surface area contributed by atoms with Crippen molar-refractivity contribution in [1.29, 1.82) is 0 Å². The molecule has 1 unspecified atom stereocenters. The standard InChI is InChI=1S/C14H17N5O2/c1-7-4-8(20-2)10(9(5-7)21-3)11-12-13(17-6-16-12)19-14(15)18-11/h4-6,13H,1-3H3,(H,16,17)(H3,15,18,19). The molecule has 0 amide bonds. The van der Waals surface area contributed by atoms with E-state index in [-0.39, 0.29) is 6.17 Å². The van der Waals surface area contributed by atoms with Crippen LogP contribution in [-0.4, -0.2) is 32.7 Å². The summed E-state index contributed by atoms with van der Waals surface area (Å²) in [6.07, 6.45) is 1.26. The first-order valence-electron chi connectivity index (χ1n) is 6.49. The molecule has 21 heavy (non-hydrogen) atoms. The van der Waals surface area contributed by atoms with Crippen LogP contribution < -0.4 is 25.8 Å². The van der Waals surface area contributed by atoms with Crippen molar-refractivity contribution in [2.45, 2.75) is 13.1 Å². The quantitative estimate of drug-likeness (QED) is 0.755. The highest BCUT2D eigenvalue weighted by atomic mass is 16.5. The number of aliphatic imine (C=N–C) groups is 2. The number of methoxy groups -OCH3 is 2. The molecule has 4 N–H and O–H groups in total. The first-order valence-corrected chi connectivity index (χ1v) is 6.49. The number of nitrogens with two attached hydrogens (primary N) is 1. The third-order valence-corrected chi connectivity index (χ3v) is 3.38. The Labute approximate surface area is 122 Å². The molecule has 1 atom stereocenters. The van der Waals surface area contributed by atoms with E-state index in [9.17, 15) is 0 Å². The Morgan fingerprint density at radius 2 is 1.86 bits per heavy atom. The number of hydrogen-bond donors (Lipinski definition) is 3. The first kappa shape index (κ1) is 13.3. The van der Waals surface area contributed by atoms with E-state index in [1.165, 1.54) is 0 Å². The van der Waals surface area contributed by atoms with Gasteiger partial charge < -0.3 is 25.8 Å². The van der Waals surface area contributed by atoms with Crippen LogP contribution in [-0.2, 0) is 0 Å². The van der Waals surface area contributed by atoms with E-state index in [1.54, 1.807) is 20.6 Å². The van der Waals surface area contributed by atoms with Crippen LogP contribution >= 0.6 is 0 Å². The molecule has 110 valence electrons. The number of hydrogen-bond acceptors (Lipinski definition) is 7. The van der Waals surface area contributed by atoms with Crippen molar-refractivity contribution in [3.63, 3.8) is 0 Å². The average Bonchev–Trinajstić information content (AvgIpc) is 2.93. The Kier molecular flexibility index (Phi) is 3.17. The van der Waals surface area contributed by atoms with E-state index in [0.29, 0.717) is 17.5 Å². The lowest BCUT2D eigenvalue weighted by molar-refractivity contribution is 0.391. The van der Waals surface area contributed by atoms with Gasteiger partial charge in [-0.3, -0.25) is 0 Å². The fourth-order valence-corrected chi connectivity index (χ4v) is 2.47. The number of guanidine groups is 1. The maximum Gasteiger partial charge on any atom is 0.195 e. The molecule has 2 aliphatic rings. The number of aryl methyl sites for hydroxylation is 1. The van der Waals surface area contributed by atoms with Crippen LogP contribution in [0.1, 0.15) is 11.1 Å². The lowest BCUT2D eigenvalue weighted by Gasteiger charge is -2.24. The Hall–Kier alpha value is -2.70. The predicted molar refractivity (Wildman–Crippen MR) is 81.4 cm³/mol. The Morgan fingerprint density at radius 1 is 1.19 bits per heavy atom. The molecule has 0 saturated carbocycles. The van der Waals surface area contributed by atoms with Crippen LogP contribution in [0.2, 0.25) is 0 Å². The highest BCUT2D eigenvalue weighted by Crippen LogP contribution is 2.38. The summed E-state index contributed by atoms with van der Waals surface area (Å²) < 4.78 is 11.0. The molecule has 7 nitrogen and oxygen atoms in total. The molecule has 0 fully saturated rings.